The summed E-state index contributed by atoms with van der Waals surface area (Å²) in [6, 6.07) is 5.97. The average Bonchev–Trinajstić information content (AvgIpc) is 2.41. The minimum atomic E-state index is 0.221. The molecule has 3 nitrogen and oxygen atoms in total. The standard InChI is InChI=1S/C15H24O3/c1-3-4-5-11-18-15-12-13(7-6-10-16)8-9-14(15)17-2/h8-9,12,16H,3-7,10-11H2,1-2H3. The molecule has 0 bridgehead atoms. The SMILES string of the molecule is CCCCCOc1cc(CCCO)ccc1OC. The van der Waals surface area contributed by atoms with Crippen LogP contribution in [0.3, 0.4) is 0 Å². The number of rotatable bonds is 9. The molecule has 0 unspecified atom stereocenters. The summed E-state index contributed by atoms with van der Waals surface area (Å²) < 4.78 is 11.1. The molecule has 0 spiro atoms. The van der Waals surface area contributed by atoms with E-state index in [1.54, 1.807) is 7.11 Å². The Morgan fingerprint density at radius 3 is 2.61 bits per heavy atom. The zero-order chi connectivity index (χ0) is 13.2. The Hall–Kier alpha value is -1.22. The highest BCUT2D eigenvalue weighted by Crippen LogP contribution is 2.28. The molecule has 3 heteroatoms. The van der Waals surface area contributed by atoms with Crippen LogP contribution in [0.5, 0.6) is 11.5 Å². The third-order valence-electron chi connectivity index (χ3n) is 2.86. The van der Waals surface area contributed by atoms with Crippen LogP contribution in [0.25, 0.3) is 0 Å². The Kier molecular flexibility index (Phi) is 7.26. The smallest absolute Gasteiger partial charge is 0.161 e. The summed E-state index contributed by atoms with van der Waals surface area (Å²) in [6.45, 7) is 3.13. The molecule has 0 heterocycles. The fraction of sp³-hybridized carbons (Fsp3) is 0.600. The lowest BCUT2D eigenvalue weighted by Crippen LogP contribution is -2.00. The highest BCUT2D eigenvalue weighted by atomic mass is 16.5. The molecule has 1 aromatic rings. The largest absolute Gasteiger partial charge is 0.493 e. The maximum Gasteiger partial charge on any atom is 0.161 e. The number of methoxy groups -OCH3 is 1. The van der Waals surface area contributed by atoms with Crippen LogP contribution in [0, 0.1) is 0 Å². The van der Waals surface area contributed by atoms with Crippen molar-refractivity contribution < 1.29 is 14.6 Å². The number of unbranched alkanes of at least 4 members (excludes halogenated alkanes) is 2. The van der Waals surface area contributed by atoms with Gasteiger partial charge in [0, 0.05) is 6.61 Å². The molecule has 0 saturated heterocycles. The minimum Gasteiger partial charge on any atom is -0.493 e. The van der Waals surface area contributed by atoms with Gasteiger partial charge in [0.1, 0.15) is 0 Å². The molecule has 1 N–H and O–H groups in total. The van der Waals surface area contributed by atoms with E-state index in [1.807, 2.05) is 18.2 Å². The van der Waals surface area contributed by atoms with Gasteiger partial charge < -0.3 is 14.6 Å². The second-order valence-electron chi connectivity index (χ2n) is 4.37. The zero-order valence-corrected chi connectivity index (χ0v) is 11.4. The highest BCUT2D eigenvalue weighted by molar-refractivity contribution is 5.43. The zero-order valence-electron chi connectivity index (χ0n) is 11.4. The van der Waals surface area contributed by atoms with Crippen LogP contribution in [0.15, 0.2) is 18.2 Å². The van der Waals surface area contributed by atoms with Gasteiger partial charge in [-0.2, -0.15) is 0 Å². The van der Waals surface area contributed by atoms with E-state index in [4.69, 9.17) is 14.6 Å². The van der Waals surface area contributed by atoms with Crippen LogP contribution in [0.2, 0.25) is 0 Å². The van der Waals surface area contributed by atoms with Gasteiger partial charge in [0.15, 0.2) is 11.5 Å². The summed E-state index contributed by atoms with van der Waals surface area (Å²) in [5.74, 6) is 1.59. The monoisotopic (exact) mass is 252 g/mol. The first-order valence-electron chi connectivity index (χ1n) is 6.72. The van der Waals surface area contributed by atoms with Gasteiger partial charge in [-0.05, 0) is 37.0 Å². The highest BCUT2D eigenvalue weighted by Gasteiger charge is 2.05. The van der Waals surface area contributed by atoms with E-state index < -0.39 is 0 Å². The lowest BCUT2D eigenvalue weighted by molar-refractivity contribution is 0.283. The summed E-state index contributed by atoms with van der Waals surface area (Å²) >= 11 is 0. The van der Waals surface area contributed by atoms with E-state index in [0.717, 1.165) is 37.4 Å². The molecular formula is C15H24O3. The van der Waals surface area contributed by atoms with Crippen molar-refractivity contribution in [2.45, 2.75) is 39.0 Å². The first-order valence-corrected chi connectivity index (χ1v) is 6.72. The van der Waals surface area contributed by atoms with Crippen molar-refractivity contribution in [1.82, 2.24) is 0 Å². The van der Waals surface area contributed by atoms with E-state index in [9.17, 15) is 0 Å². The minimum absolute atomic E-state index is 0.221. The Bertz CT molecular complexity index is 337. The van der Waals surface area contributed by atoms with Crippen molar-refractivity contribution in [2.75, 3.05) is 20.3 Å². The molecule has 0 aliphatic heterocycles. The van der Waals surface area contributed by atoms with Crippen molar-refractivity contribution in [3.8, 4) is 11.5 Å². The molecule has 0 aliphatic rings. The Balaban J connectivity index is 2.60. The average molecular weight is 252 g/mol. The summed E-state index contributed by atoms with van der Waals surface area (Å²) in [6.07, 6.45) is 5.09. The number of ether oxygens (including phenoxy) is 2. The Labute approximate surface area is 110 Å². The molecule has 0 aliphatic carbocycles. The van der Waals surface area contributed by atoms with E-state index in [2.05, 4.69) is 6.92 Å². The normalized spacial score (nSPS) is 10.4. The summed E-state index contributed by atoms with van der Waals surface area (Å²) in [7, 11) is 1.65. The third-order valence-corrected chi connectivity index (χ3v) is 2.86. The fourth-order valence-electron chi connectivity index (χ4n) is 1.81. The molecule has 102 valence electrons. The molecule has 0 aromatic heterocycles. The molecule has 0 radical (unpaired) electrons. The summed E-state index contributed by atoms with van der Waals surface area (Å²) in [4.78, 5) is 0. The number of aliphatic hydroxyl groups excluding tert-OH is 1. The van der Waals surface area contributed by atoms with E-state index in [0.29, 0.717) is 0 Å². The molecule has 18 heavy (non-hydrogen) atoms. The van der Waals surface area contributed by atoms with Crippen molar-refractivity contribution in [3.05, 3.63) is 23.8 Å². The molecule has 0 amide bonds. The van der Waals surface area contributed by atoms with Crippen molar-refractivity contribution in [2.24, 2.45) is 0 Å². The summed E-state index contributed by atoms with van der Waals surface area (Å²) in [5.41, 5.74) is 1.18. The lowest BCUT2D eigenvalue weighted by atomic mass is 10.1. The molecule has 1 aromatic carbocycles. The van der Waals surface area contributed by atoms with Gasteiger partial charge in [0.05, 0.1) is 13.7 Å². The van der Waals surface area contributed by atoms with Gasteiger partial charge in [0.25, 0.3) is 0 Å². The van der Waals surface area contributed by atoms with Crippen LogP contribution in [-0.2, 0) is 6.42 Å². The van der Waals surface area contributed by atoms with Gasteiger partial charge in [-0.15, -0.1) is 0 Å². The van der Waals surface area contributed by atoms with Crippen LogP contribution in [0.4, 0.5) is 0 Å². The quantitative estimate of drug-likeness (QED) is 0.686. The van der Waals surface area contributed by atoms with Gasteiger partial charge in [0.2, 0.25) is 0 Å². The maximum atomic E-state index is 8.84. The van der Waals surface area contributed by atoms with Gasteiger partial charge in [-0.1, -0.05) is 25.8 Å². The van der Waals surface area contributed by atoms with E-state index in [1.165, 1.54) is 18.4 Å². The second kappa shape index (κ2) is 8.81. The van der Waals surface area contributed by atoms with E-state index in [-0.39, 0.29) is 6.61 Å². The molecule has 1 rings (SSSR count). The van der Waals surface area contributed by atoms with Gasteiger partial charge in [-0.25, -0.2) is 0 Å². The van der Waals surface area contributed by atoms with Gasteiger partial charge >= 0.3 is 0 Å². The third kappa shape index (κ3) is 4.96. The number of hydrogen-bond donors (Lipinski definition) is 1. The fourth-order valence-corrected chi connectivity index (χ4v) is 1.81. The second-order valence-corrected chi connectivity index (χ2v) is 4.37. The topological polar surface area (TPSA) is 38.7 Å². The van der Waals surface area contributed by atoms with Gasteiger partial charge in [-0.3, -0.25) is 0 Å². The van der Waals surface area contributed by atoms with Crippen molar-refractivity contribution >= 4 is 0 Å². The van der Waals surface area contributed by atoms with E-state index >= 15 is 0 Å². The molecule has 0 fully saturated rings. The number of hydrogen-bond acceptors (Lipinski definition) is 3. The maximum absolute atomic E-state index is 8.84. The van der Waals surface area contributed by atoms with Crippen molar-refractivity contribution in [3.63, 3.8) is 0 Å². The van der Waals surface area contributed by atoms with Crippen LogP contribution in [0.1, 0.15) is 38.2 Å². The number of benzene rings is 1. The Morgan fingerprint density at radius 2 is 1.94 bits per heavy atom. The number of aliphatic hydroxyl groups is 1. The molecular weight excluding hydrogens is 228 g/mol. The molecule has 0 atom stereocenters. The first-order chi connectivity index (χ1) is 8.81. The Morgan fingerprint density at radius 1 is 1.11 bits per heavy atom. The predicted molar refractivity (Wildman–Crippen MR) is 73.4 cm³/mol. The lowest BCUT2D eigenvalue weighted by Gasteiger charge is -2.12. The van der Waals surface area contributed by atoms with Crippen molar-refractivity contribution in [1.29, 1.82) is 0 Å². The molecule has 0 saturated carbocycles. The number of aryl methyl sites for hydroxylation is 1. The summed E-state index contributed by atoms with van der Waals surface area (Å²) in [5, 5.41) is 8.84. The predicted octanol–water partition coefficient (Wildman–Crippen LogP) is 3.19. The van der Waals surface area contributed by atoms with Crippen LogP contribution >= 0.6 is 0 Å². The first kappa shape index (κ1) is 14.8. The van der Waals surface area contributed by atoms with Crippen LogP contribution in [-0.4, -0.2) is 25.4 Å². The van der Waals surface area contributed by atoms with Crippen LogP contribution < -0.4 is 9.47 Å².